The number of hydrogen-bond donors (Lipinski definition) is 2. The molecule has 29 heavy (non-hydrogen) atoms. The fraction of sp³-hybridized carbons (Fsp3) is 0.455. The fourth-order valence-electron chi connectivity index (χ4n) is 4.49. The highest BCUT2D eigenvalue weighted by Gasteiger charge is 2.29. The highest BCUT2D eigenvalue weighted by Crippen LogP contribution is 2.32. The Morgan fingerprint density at radius 2 is 2.03 bits per heavy atom. The van der Waals surface area contributed by atoms with Gasteiger partial charge in [-0.25, -0.2) is 4.98 Å². The molecule has 3 aromatic rings. The van der Waals surface area contributed by atoms with Gasteiger partial charge in [0.05, 0.1) is 16.4 Å². The Hall–Kier alpha value is -2.12. The number of rotatable bonds is 5. The molecule has 7 heteroatoms. The molecule has 6 nitrogen and oxygen atoms in total. The second-order valence-electron chi connectivity index (χ2n) is 8.24. The first-order valence-electron chi connectivity index (χ1n) is 10.5. The minimum atomic E-state index is 0.231. The van der Waals surface area contributed by atoms with Gasteiger partial charge >= 0.3 is 0 Å². The lowest BCUT2D eigenvalue weighted by Gasteiger charge is -2.42. The number of piperidine rings is 1. The van der Waals surface area contributed by atoms with Crippen LogP contribution in [0, 0.1) is 5.92 Å². The molecule has 0 amide bonds. The van der Waals surface area contributed by atoms with Gasteiger partial charge in [-0.05, 0) is 66.2 Å². The van der Waals surface area contributed by atoms with E-state index in [0.717, 1.165) is 39.8 Å². The monoisotopic (exact) mass is 455 g/mol. The number of halogens is 1. The van der Waals surface area contributed by atoms with E-state index in [0.29, 0.717) is 5.92 Å². The Morgan fingerprint density at radius 3 is 2.83 bits per heavy atom. The first-order valence-corrected chi connectivity index (χ1v) is 11.3. The lowest BCUT2D eigenvalue weighted by molar-refractivity contribution is 0.0802. The highest BCUT2D eigenvalue weighted by molar-refractivity contribution is 9.10. The molecule has 152 valence electrons. The van der Waals surface area contributed by atoms with Gasteiger partial charge in [-0.3, -0.25) is 0 Å². The Kier molecular flexibility index (Phi) is 5.18. The molecule has 5 rings (SSSR count). The predicted molar refractivity (Wildman–Crippen MR) is 118 cm³/mol. The van der Waals surface area contributed by atoms with E-state index in [1.54, 1.807) is 12.3 Å². The smallest absolute Gasteiger partial charge is 0.172 e. The number of nitrogens with one attached hydrogen (secondary N) is 1. The second-order valence-corrected chi connectivity index (χ2v) is 9.09. The lowest BCUT2D eigenvalue weighted by atomic mass is 9.88. The molecule has 1 aliphatic carbocycles. The lowest BCUT2D eigenvalue weighted by Crippen LogP contribution is -2.47. The number of aromatic hydroxyl groups is 1. The van der Waals surface area contributed by atoms with Gasteiger partial charge in [0.15, 0.2) is 5.65 Å². The van der Waals surface area contributed by atoms with E-state index in [1.165, 1.54) is 45.2 Å². The topological polar surface area (TPSA) is 65.7 Å². The first kappa shape index (κ1) is 18.9. The van der Waals surface area contributed by atoms with Crippen molar-refractivity contribution in [2.45, 2.75) is 38.1 Å². The van der Waals surface area contributed by atoms with Gasteiger partial charge in [-0.1, -0.05) is 18.6 Å². The maximum Gasteiger partial charge on any atom is 0.172 e. The van der Waals surface area contributed by atoms with Crippen molar-refractivity contribution in [1.29, 1.82) is 0 Å². The van der Waals surface area contributed by atoms with Crippen molar-refractivity contribution in [3.05, 3.63) is 41.0 Å². The third-order valence-electron chi connectivity index (χ3n) is 6.32. The molecule has 2 aliphatic rings. The number of likely N-dealkylation sites (tertiary alicyclic amines) is 1. The van der Waals surface area contributed by atoms with E-state index < -0.39 is 0 Å². The summed E-state index contributed by atoms with van der Waals surface area (Å²) in [7, 11) is 0. The van der Waals surface area contributed by atoms with Crippen LogP contribution in [-0.4, -0.2) is 50.3 Å². The van der Waals surface area contributed by atoms with Crippen molar-refractivity contribution in [3.8, 4) is 17.0 Å². The fourth-order valence-corrected chi connectivity index (χ4v) is 4.83. The van der Waals surface area contributed by atoms with Gasteiger partial charge < -0.3 is 15.3 Å². The maximum atomic E-state index is 10.3. The van der Waals surface area contributed by atoms with Gasteiger partial charge in [0.2, 0.25) is 0 Å². The summed E-state index contributed by atoms with van der Waals surface area (Å²) >= 11 is 3.55. The Bertz CT molecular complexity index is 1020. The number of phenolic OH excluding ortho intramolecular Hbond substituents is 1. The zero-order valence-corrected chi connectivity index (χ0v) is 18.0. The van der Waals surface area contributed by atoms with Crippen molar-refractivity contribution in [3.63, 3.8) is 0 Å². The molecule has 0 spiro atoms. The molecule has 1 unspecified atom stereocenters. The molecule has 1 aromatic carbocycles. The van der Waals surface area contributed by atoms with Crippen LogP contribution in [0.5, 0.6) is 5.75 Å². The van der Waals surface area contributed by atoms with Crippen LogP contribution in [0.4, 0.5) is 5.82 Å². The Balaban J connectivity index is 1.39. The summed E-state index contributed by atoms with van der Waals surface area (Å²) in [5, 5.41) is 18.4. The van der Waals surface area contributed by atoms with E-state index in [9.17, 15) is 5.11 Å². The molecule has 1 saturated carbocycles. The van der Waals surface area contributed by atoms with Crippen molar-refractivity contribution in [2.75, 3.05) is 25.0 Å². The first-order chi connectivity index (χ1) is 14.2. The van der Waals surface area contributed by atoms with Crippen LogP contribution >= 0.6 is 15.9 Å². The quantitative estimate of drug-likeness (QED) is 0.590. The van der Waals surface area contributed by atoms with Crippen LogP contribution in [0.1, 0.15) is 32.1 Å². The minimum Gasteiger partial charge on any atom is -0.507 e. The molecule has 2 N–H and O–H groups in total. The standard InChI is InChI=1S/C22H26BrN5O/c23-18-13-25-28-21(11-19(26-22(18)28)17-8-1-2-9-20(17)29)24-12-15-5-4-10-27(14-15)16-6-3-7-16/h1-2,8-9,11,13,15-16,24,29H,3-7,10,12,14H2. The Labute approximate surface area is 179 Å². The molecular formula is C22H26BrN5O. The third-order valence-corrected chi connectivity index (χ3v) is 6.88. The van der Waals surface area contributed by atoms with Crippen LogP contribution in [0.3, 0.4) is 0 Å². The summed E-state index contributed by atoms with van der Waals surface area (Å²) in [6, 6.07) is 10.1. The van der Waals surface area contributed by atoms with E-state index in [-0.39, 0.29) is 5.75 Å². The summed E-state index contributed by atoms with van der Waals surface area (Å²) in [5.41, 5.74) is 2.20. The largest absolute Gasteiger partial charge is 0.507 e. The number of nitrogens with zero attached hydrogens (tertiary/aromatic N) is 4. The van der Waals surface area contributed by atoms with Gasteiger partial charge in [-0.15, -0.1) is 0 Å². The molecule has 1 atom stereocenters. The predicted octanol–water partition coefficient (Wildman–Crippen LogP) is 4.54. The van der Waals surface area contributed by atoms with Crippen LogP contribution < -0.4 is 5.32 Å². The number of fused-ring (bicyclic) bond motifs is 1. The van der Waals surface area contributed by atoms with Crippen LogP contribution in [0.25, 0.3) is 16.9 Å². The van der Waals surface area contributed by atoms with Crippen molar-refractivity contribution in [2.24, 2.45) is 5.92 Å². The molecule has 0 bridgehead atoms. The number of hydrogen-bond acceptors (Lipinski definition) is 5. The van der Waals surface area contributed by atoms with E-state index >= 15 is 0 Å². The number of aromatic nitrogens is 3. The summed E-state index contributed by atoms with van der Waals surface area (Å²) in [4.78, 5) is 7.41. The normalized spacial score (nSPS) is 20.7. The number of benzene rings is 1. The average Bonchev–Trinajstić information content (AvgIpc) is 3.07. The van der Waals surface area contributed by atoms with Gasteiger partial charge in [0.25, 0.3) is 0 Å². The maximum absolute atomic E-state index is 10.3. The van der Waals surface area contributed by atoms with Crippen LogP contribution in [0.15, 0.2) is 41.0 Å². The van der Waals surface area contributed by atoms with Crippen LogP contribution in [0.2, 0.25) is 0 Å². The van der Waals surface area contributed by atoms with Crippen LogP contribution in [-0.2, 0) is 0 Å². The molecule has 1 aliphatic heterocycles. The molecule has 1 saturated heterocycles. The number of para-hydroxylation sites is 1. The molecule has 0 radical (unpaired) electrons. The van der Waals surface area contributed by atoms with Gasteiger partial charge in [0.1, 0.15) is 11.6 Å². The number of anilines is 1. The van der Waals surface area contributed by atoms with Crippen molar-refractivity contribution in [1.82, 2.24) is 19.5 Å². The highest BCUT2D eigenvalue weighted by atomic mass is 79.9. The summed E-state index contributed by atoms with van der Waals surface area (Å²) in [5.74, 6) is 1.77. The zero-order valence-electron chi connectivity index (χ0n) is 16.4. The average molecular weight is 456 g/mol. The second kappa shape index (κ2) is 7.95. The van der Waals surface area contributed by atoms with E-state index in [4.69, 9.17) is 4.98 Å². The van der Waals surface area contributed by atoms with E-state index in [1.807, 2.05) is 28.8 Å². The molecule has 3 heterocycles. The minimum absolute atomic E-state index is 0.231. The Morgan fingerprint density at radius 1 is 1.17 bits per heavy atom. The molecular weight excluding hydrogens is 430 g/mol. The molecule has 2 aromatic heterocycles. The van der Waals surface area contributed by atoms with E-state index in [2.05, 4.69) is 31.2 Å². The van der Waals surface area contributed by atoms with Crippen molar-refractivity contribution < 1.29 is 5.11 Å². The summed E-state index contributed by atoms with van der Waals surface area (Å²) in [6.45, 7) is 3.35. The zero-order chi connectivity index (χ0) is 19.8. The molecule has 2 fully saturated rings. The number of phenols is 1. The van der Waals surface area contributed by atoms with Crippen molar-refractivity contribution >= 4 is 27.4 Å². The van der Waals surface area contributed by atoms with Gasteiger partial charge in [-0.2, -0.15) is 9.61 Å². The summed E-state index contributed by atoms with van der Waals surface area (Å²) in [6.07, 6.45) is 8.45. The SMILES string of the molecule is Oc1ccccc1-c1cc(NCC2CCCN(C3CCC3)C2)n2ncc(Br)c2n1. The summed E-state index contributed by atoms with van der Waals surface area (Å²) < 4.78 is 2.67. The van der Waals surface area contributed by atoms with Gasteiger partial charge in [0, 0.05) is 30.8 Å². The third kappa shape index (κ3) is 3.73.